The zero-order valence-corrected chi connectivity index (χ0v) is 20.9. The van der Waals surface area contributed by atoms with Gasteiger partial charge in [-0.2, -0.15) is 0 Å². The van der Waals surface area contributed by atoms with Crippen molar-refractivity contribution in [3.05, 3.63) is 106 Å². The number of nitrogens with zero attached hydrogens (tertiary/aromatic N) is 3. The molecule has 1 unspecified atom stereocenters. The molecule has 1 saturated heterocycles. The number of carbonyl (C=O) groups excluding carboxylic acids is 2. The molecule has 1 fully saturated rings. The van der Waals surface area contributed by atoms with Crippen molar-refractivity contribution in [2.24, 2.45) is 0 Å². The molecule has 7 nitrogen and oxygen atoms in total. The number of ketones is 1. The third-order valence-corrected chi connectivity index (χ3v) is 8.08. The summed E-state index contributed by atoms with van der Waals surface area (Å²) in [4.78, 5) is 27.7. The molecule has 1 aliphatic heterocycles. The number of amides is 1. The van der Waals surface area contributed by atoms with E-state index in [4.69, 9.17) is 11.6 Å². The lowest BCUT2D eigenvalue weighted by atomic mass is 9.95. The van der Waals surface area contributed by atoms with Crippen LogP contribution in [0.4, 0.5) is 5.13 Å². The molecule has 1 amide bonds. The van der Waals surface area contributed by atoms with Gasteiger partial charge in [-0.25, -0.2) is 0 Å². The highest BCUT2D eigenvalue weighted by Gasteiger charge is 2.48. The first-order valence-electron chi connectivity index (χ1n) is 10.8. The second kappa shape index (κ2) is 10.1. The molecule has 1 atom stereocenters. The van der Waals surface area contributed by atoms with Gasteiger partial charge in [0.15, 0.2) is 4.34 Å². The molecule has 10 heteroatoms. The van der Waals surface area contributed by atoms with Crippen molar-refractivity contribution >= 4 is 57.3 Å². The fourth-order valence-corrected chi connectivity index (χ4v) is 6.02. The number of rotatable bonds is 6. The predicted octanol–water partition coefficient (Wildman–Crippen LogP) is 5.82. The number of phenolic OH excluding ortho intramolecular Hbond substituents is 1. The lowest BCUT2D eigenvalue weighted by molar-refractivity contribution is -0.132. The molecule has 1 aliphatic rings. The number of anilines is 1. The summed E-state index contributed by atoms with van der Waals surface area (Å²) in [5.74, 6) is -1.33. The van der Waals surface area contributed by atoms with Crippen LogP contribution in [-0.4, -0.2) is 32.1 Å². The SMILES string of the molecule is O=C1C(=O)N(c2nnc(SCc3ccccc3Cl)s2)C(c2ccc(O)cc2)/C1=C(/O)c1ccccc1. The predicted molar refractivity (Wildman–Crippen MR) is 140 cm³/mol. The van der Waals surface area contributed by atoms with Crippen LogP contribution in [0, 0.1) is 0 Å². The molecule has 1 aromatic heterocycles. The highest BCUT2D eigenvalue weighted by atomic mass is 35.5. The largest absolute Gasteiger partial charge is 0.508 e. The van der Waals surface area contributed by atoms with E-state index < -0.39 is 17.7 Å². The fourth-order valence-electron chi connectivity index (χ4n) is 3.87. The van der Waals surface area contributed by atoms with Crippen LogP contribution in [0.3, 0.4) is 0 Å². The van der Waals surface area contributed by atoms with Gasteiger partial charge >= 0.3 is 5.91 Å². The summed E-state index contributed by atoms with van der Waals surface area (Å²) in [6.45, 7) is 0. The summed E-state index contributed by atoms with van der Waals surface area (Å²) < 4.78 is 0.597. The van der Waals surface area contributed by atoms with Gasteiger partial charge in [0, 0.05) is 16.3 Å². The molecular formula is C26H18ClN3O4S2. The molecule has 2 heterocycles. The highest BCUT2D eigenvalue weighted by molar-refractivity contribution is 8.00. The molecule has 5 rings (SSSR count). The second-order valence-electron chi connectivity index (χ2n) is 7.86. The van der Waals surface area contributed by atoms with Crippen LogP contribution < -0.4 is 4.90 Å². The molecule has 0 radical (unpaired) electrons. The van der Waals surface area contributed by atoms with Gasteiger partial charge in [0.2, 0.25) is 5.13 Å². The lowest BCUT2D eigenvalue weighted by Crippen LogP contribution is -2.29. The van der Waals surface area contributed by atoms with Crippen molar-refractivity contribution in [1.29, 1.82) is 0 Å². The van der Waals surface area contributed by atoms with E-state index in [1.807, 2.05) is 24.3 Å². The summed E-state index contributed by atoms with van der Waals surface area (Å²) in [5, 5.41) is 30.1. The average molecular weight is 536 g/mol. The molecule has 3 aromatic carbocycles. The smallest absolute Gasteiger partial charge is 0.301 e. The quantitative estimate of drug-likeness (QED) is 0.105. The maximum atomic E-state index is 13.2. The van der Waals surface area contributed by atoms with Crippen molar-refractivity contribution in [2.45, 2.75) is 16.1 Å². The minimum absolute atomic E-state index is 0.0351. The number of carbonyl (C=O) groups is 2. The summed E-state index contributed by atoms with van der Waals surface area (Å²) in [7, 11) is 0. The number of halogens is 1. The molecule has 36 heavy (non-hydrogen) atoms. The van der Waals surface area contributed by atoms with Gasteiger partial charge in [0.1, 0.15) is 11.5 Å². The molecular weight excluding hydrogens is 518 g/mol. The number of aliphatic hydroxyl groups is 1. The van der Waals surface area contributed by atoms with Crippen LogP contribution >= 0.6 is 34.7 Å². The molecule has 180 valence electrons. The van der Waals surface area contributed by atoms with Crippen molar-refractivity contribution < 1.29 is 19.8 Å². The molecule has 4 aromatic rings. The average Bonchev–Trinajstić information content (AvgIpc) is 3.46. The Morgan fingerprint density at radius 1 is 0.972 bits per heavy atom. The van der Waals surface area contributed by atoms with Gasteiger partial charge in [-0.1, -0.05) is 95.4 Å². The summed E-state index contributed by atoms with van der Waals surface area (Å²) in [6.07, 6.45) is 0. The number of benzene rings is 3. The number of hydrogen-bond donors (Lipinski definition) is 2. The van der Waals surface area contributed by atoms with Gasteiger partial charge in [0.05, 0.1) is 11.6 Å². The van der Waals surface area contributed by atoms with Gasteiger partial charge in [0.25, 0.3) is 5.78 Å². The second-order valence-corrected chi connectivity index (χ2v) is 10.4. The monoisotopic (exact) mass is 535 g/mol. The minimum atomic E-state index is -0.944. The first-order valence-corrected chi connectivity index (χ1v) is 13.0. The van der Waals surface area contributed by atoms with E-state index in [2.05, 4.69) is 10.2 Å². The minimum Gasteiger partial charge on any atom is -0.508 e. The Balaban J connectivity index is 1.54. The van der Waals surface area contributed by atoms with Crippen LogP contribution in [0.25, 0.3) is 5.76 Å². The first kappa shape index (κ1) is 24.1. The van der Waals surface area contributed by atoms with E-state index in [-0.39, 0.29) is 22.2 Å². The Kier molecular flexibility index (Phi) is 6.77. The van der Waals surface area contributed by atoms with E-state index in [1.165, 1.54) is 40.1 Å². The number of thioether (sulfide) groups is 1. The Hall–Kier alpha value is -3.66. The molecule has 0 spiro atoms. The summed E-state index contributed by atoms with van der Waals surface area (Å²) in [6, 6.07) is 21.2. The van der Waals surface area contributed by atoms with Gasteiger partial charge in [-0.3, -0.25) is 14.5 Å². The van der Waals surface area contributed by atoms with Crippen LogP contribution in [0.2, 0.25) is 5.02 Å². The topological polar surface area (TPSA) is 104 Å². The Morgan fingerprint density at radius 2 is 1.67 bits per heavy atom. The van der Waals surface area contributed by atoms with Gasteiger partial charge in [-0.15, -0.1) is 10.2 Å². The third-order valence-electron chi connectivity index (χ3n) is 5.61. The van der Waals surface area contributed by atoms with E-state index in [1.54, 1.807) is 42.5 Å². The number of Topliss-reactive ketones (excluding diaryl/α,β-unsaturated/α-hetero) is 1. The van der Waals surface area contributed by atoms with Crippen molar-refractivity contribution in [3.8, 4) is 5.75 Å². The van der Waals surface area contributed by atoms with E-state index >= 15 is 0 Å². The summed E-state index contributed by atoms with van der Waals surface area (Å²) >= 11 is 8.83. The number of hydrogen-bond acceptors (Lipinski definition) is 8. The summed E-state index contributed by atoms with van der Waals surface area (Å²) in [5.41, 5.74) is 1.82. The van der Waals surface area contributed by atoms with E-state index in [0.717, 1.165) is 5.56 Å². The van der Waals surface area contributed by atoms with Crippen molar-refractivity contribution in [3.63, 3.8) is 0 Å². The van der Waals surface area contributed by atoms with Crippen LogP contribution in [0.15, 0.2) is 88.8 Å². The third kappa shape index (κ3) is 4.60. The van der Waals surface area contributed by atoms with E-state index in [9.17, 15) is 19.8 Å². The Bertz CT molecular complexity index is 1470. The van der Waals surface area contributed by atoms with E-state index in [0.29, 0.717) is 26.2 Å². The maximum Gasteiger partial charge on any atom is 0.301 e. The molecule has 0 aliphatic carbocycles. The normalized spacial score (nSPS) is 17.0. The zero-order chi connectivity index (χ0) is 25.2. The number of aliphatic hydroxyl groups excluding tert-OH is 1. The molecule has 0 bridgehead atoms. The standard InChI is InChI=1S/C26H18ClN3O4S2/c27-19-9-5-4-8-17(19)14-35-26-29-28-25(36-26)30-21(15-10-12-18(31)13-11-15)20(23(33)24(30)34)22(32)16-6-2-1-3-7-16/h1-13,21,31-32H,14H2/b22-20-. The zero-order valence-electron chi connectivity index (χ0n) is 18.5. The fraction of sp³-hybridized carbons (Fsp3) is 0.0769. The van der Waals surface area contributed by atoms with Crippen molar-refractivity contribution in [2.75, 3.05) is 4.90 Å². The van der Waals surface area contributed by atoms with Crippen LogP contribution in [-0.2, 0) is 15.3 Å². The van der Waals surface area contributed by atoms with Crippen LogP contribution in [0.1, 0.15) is 22.7 Å². The lowest BCUT2D eigenvalue weighted by Gasteiger charge is -2.22. The number of aromatic nitrogens is 2. The van der Waals surface area contributed by atoms with Gasteiger partial charge < -0.3 is 10.2 Å². The number of aromatic hydroxyl groups is 1. The van der Waals surface area contributed by atoms with Crippen LogP contribution in [0.5, 0.6) is 5.75 Å². The number of phenols is 1. The molecule has 0 saturated carbocycles. The maximum absolute atomic E-state index is 13.2. The highest BCUT2D eigenvalue weighted by Crippen LogP contribution is 2.44. The Morgan fingerprint density at radius 3 is 2.39 bits per heavy atom. The first-order chi connectivity index (χ1) is 17.4. The van der Waals surface area contributed by atoms with Crippen molar-refractivity contribution in [1.82, 2.24) is 10.2 Å². The molecule has 2 N–H and O–H groups in total. The Labute approximate surface area is 219 Å². The van der Waals surface area contributed by atoms with Gasteiger partial charge in [-0.05, 0) is 29.3 Å².